The van der Waals surface area contributed by atoms with Crippen molar-refractivity contribution in [3.8, 4) is 0 Å². The summed E-state index contributed by atoms with van der Waals surface area (Å²) in [6.45, 7) is 0. The van der Waals surface area contributed by atoms with Crippen molar-refractivity contribution in [2.45, 2.75) is 9.79 Å². The summed E-state index contributed by atoms with van der Waals surface area (Å²) in [7, 11) is -6.88. The maximum absolute atomic E-state index is 12.3. The van der Waals surface area contributed by atoms with Gasteiger partial charge in [0.1, 0.15) is 0 Å². The van der Waals surface area contributed by atoms with Gasteiger partial charge in [0.05, 0.1) is 30.6 Å². The molecule has 3 aromatic rings. The molecule has 0 unspecified atom stereocenters. The Morgan fingerprint density at radius 3 is 2.17 bits per heavy atom. The monoisotopic (exact) mass is 487 g/mol. The summed E-state index contributed by atoms with van der Waals surface area (Å²) in [5.74, 6) is -0.835. The minimum atomic E-state index is -3.50. The summed E-state index contributed by atoms with van der Waals surface area (Å²) < 4.78 is 46.9. The van der Waals surface area contributed by atoms with Gasteiger partial charge in [0, 0.05) is 12.5 Å². The van der Waals surface area contributed by atoms with Gasteiger partial charge in [0.2, 0.25) is 0 Å². The molecule has 0 aliphatic heterocycles. The first kappa shape index (κ1) is 22.2. The molecule has 0 aliphatic carbocycles. The number of nitrogens with zero attached hydrogens (tertiary/aromatic N) is 1. The fourth-order valence-corrected chi connectivity index (χ4v) is 5.00. The normalized spacial score (nSPS) is 12.0. The fraction of sp³-hybridized carbons (Fsp3) is 0.118. The maximum atomic E-state index is 12.3. The third-order valence-electron chi connectivity index (χ3n) is 3.85. The summed E-state index contributed by atoms with van der Waals surface area (Å²) in [6, 6.07) is 7.01. The van der Waals surface area contributed by atoms with Crippen LogP contribution in [0.15, 0.2) is 46.2 Å². The predicted octanol–water partition coefficient (Wildman–Crippen LogP) is 2.72. The molecule has 158 valence electrons. The molecule has 2 aromatic carbocycles. The van der Waals surface area contributed by atoms with Crippen LogP contribution in [0.5, 0.6) is 0 Å². The highest BCUT2D eigenvalue weighted by Gasteiger charge is 2.18. The molecule has 13 heteroatoms. The van der Waals surface area contributed by atoms with Crippen LogP contribution in [0.3, 0.4) is 0 Å². The van der Waals surface area contributed by atoms with E-state index in [-0.39, 0.29) is 25.5 Å². The zero-order valence-electron chi connectivity index (χ0n) is 15.5. The molecular weight excluding hydrogens is 474 g/mol. The number of thiazole rings is 1. The highest BCUT2D eigenvalue weighted by molar-refractivity contribution is 7.91. The van der Waals surface area contributed by atoms with E-state index in [1.165, 1.54) is 30.3 Å². The van der Waals surface area contributed by atoms with Crippen molar-refractivity contribution in [1.29, 1.82) is 0 Å². The first-order valence-corrected chi connectivity index (χ1v) is 13.0. The number of amides is 3. The Hall–Kier alpha value is -2.54. The van der Waals surface area contributed by atoms with Gasteiger partial charge in [0.25, 0.3) is 5.91 Å². The van der Waals surface area contributed by atoms with E-state index in [0.29, 0.717) is 10.2 Å². The van der Waals surface area contributed by atoms with Gasteiger partial charge in [-0.2, -0.15) is 0 Å². The zero-order valence-corrected chi connectivity index (χ0v) is 18.7. The molecule has 1 aromatic heterocycles. The molecule has 0 aliphatic rings. The van der Waals surface area contributed by atoms with Crippen molar-refractivity contribution in [3.05, 3.63) is 47.0 Å². The van der Waals surface area contributed by atoms with Gasteiger partial charge in [0.15, 0.2) is 24.8 Å². The van der Waals surface area contributed by atoms with E-state index in [1.807, 2.05) is 0 Å². The molecule has 1 heterocycles. The van der Waals surface area contributed by atoms with Crippen LogP contribution in [0.25, 0.3) is 10.2 Å². The third kappa shape index (κ3) is 4.95. The lowest BCUT2D eigenvalue weighted by Crippen LogP contribution is -2.34. The van der Waals surface area contributed by atoms with Crippen LogP contribution < -0.4 is 10.6 Å². The second-order valence-corrected chi connectivity index (χ2v) is 11.7. The summed E-state index contributed by atoms with van der Waals surface area (Å²) in [5, 5.41) is 4.49. The van der Waals surface area contributed by atoms with Crippen molar-refractivity contribution in [1.82, 2.24) is 10.3 Å². The van der Waals surface area contributed by atoms with Crippen molar-refractivity contribution < 1.29 is 26.4 Å². The minimum Gasteiger partial charge on any atom is -0.283 e. The quantitative estimate of drug-likeness (QED) is 0.576. The van der Waals surface area contributed by atoms with Crippen molar-refractivity contribution in [3.63, 3.8) is 0 Å². The van der Waals surface area contributed by atoms with Gasteiger partial charge in [-0.3, -0.25) is 15.4 Å². The highest BCUT2D eigenvalue weighted by Crippen LogP contribution is 2.28. The number of nitrogens with one attached hydrogen (secondary N) is 2. The second-order valence-electron chi connectivity index (χ2n) is 6.24. The molecule has 2 N–H and O–H groups in total. The van der Waals surface area contributed by atoms with Gasteiger partial charge in [-0.1, -0.05) is 22.9 Å². The number of carbonyl (C=O) groups is 2. The number of aromatic nitrogens is 1. The lowest BCUT2D eigenvalue weighted by atomic mass is 10.2. The summed E-state index contributed by atoms with van der Waals surface area (Å²) in [4.78, 5) is 28.6. The average molecular weight is 488 g/mol. The van der Waals surface area contributed by atoms with Gasteiger partial charge in [-0.05, 0) is 36.4 Å². The lowest BCUT2D eigenvalue weighted by molar-refractivity contribution is 0.0967. The predicted molar refractivity (Wildman–Crippen MR) is 114 cm³/mol. The maximum Gasteiger partial charge on any atom is 0.327 e. The number of rotatable bonds is 4. The molecule has 0 saturated heterocycles. The number of sulfone groups is 2. The molecule has 30 heavy (non-hydrogen) atoms. The van der Waals surface area contributed by atoms with E-state index in [2.05, 4.69) is 15.6 Å². The van der Waals surface area contributed by atoms with Crippen LogP contribution in [0.2, 0.25) is 5.02 Å². The van der Waals surface area contributed by atoms with Gasteiger partial charge in [-0.15, -0.1) is 0 Å². The van der Waals surface area contributed by atoms with Crippen LogP contribution in [0, 0.1) is 0 Å². The number of hydrogen-bond donors (Lipinski definition) is 2. The number of benzene rings is 2. The van der Waals surface area contributed by atoms with Gasteiger partial charge >= 0.3 is 6.03 Å². The van der Waals surface area contributed by atoms with E-state index < -0.39 is 31.6 Å². The first-order chi connectivity index (χ1) is 13.8. The molecule has 0 spiro atoms. The Labute approximate surface area is 180 Å². The highest BCUT2D eigenvalue weighted by atomic mass is 35.5. The van der Waals surface area contributed by atoms with Crippen LogP contribution in [0.1, 0.15) is 10.4 Å². The number of halogens is 1. The smallest absolute Gasteiger partial charge is 0.283 e. The number of urea groups is 1. The molecule has 9 nitrogen and oxygen atoms in total. The van der Waals surface area contributed by atoms with E-state index in [1.54, 1.807) is 0 Å². The first-order valence-electron chi connectivity index (χ1n) is 8.07. The SMILES string of the molecule is CS(=O)(=O)c1ccc(C(=O)NC(=O)Nc2nc3ccc(S(C)(=O)=O)cc3s2)c(Cl)c1. The van der Waals surface area contributed by atoms with E-state index in [9.17, 15) is 26.4 Å². The fourth-order valence-electron chi connectivity index (χ4n) is 2.40. The van der Waals surface area contributed by atoms with Crippen LogP contribution in [-0.2, 0) is 19.7 Å². The molecule has 0 saturated carbocycles. The molecule has 3 amide bonds. The van der Waals surface area contributed by atoms with E-state index >= 15 is 0 Å². The Balaban J connectivity index is 1.75. The van der Waals surface area contributed by atoms with Crippen LogP contribution in [-0.4, -0.2) is 46.3 Å². The average Bonchev–Trinajstić information content (AvgIpc) is 3.00. The van der Waals surface area contributed by atoms with Gasteiger partial charge < -0.3 is 0 Å². The topological polar surface area (TPSA) is 139 Å². The summed E-state index contributed by atoms with van der Waals surface area (Å²) in [6.07, 6.45) is 2.09. The van der Waals surface area contributed by atoms with Gasteiger partial charge in [-0.25, -0.2) is 26.6 Å². The van der Waals surface area contributed by atoms with Crippen molar-refractivity contribution in [2.75, 3.05) is 17.8 Å². The molecule has 0 radical (unpaired) electrons. The second kappa shape index (κ2) is 7.95. The van der Waals surface area contributed by atoms with Crippen LogP contribution in [0.4, 0.5) is 9.93 Å². The molecular formula is C17H14ClN3O6S3. The number of imide groups is 1. The summed E-state index contributed by atoms with van der Waals surface area (Å²) >= 11 is 7.00. The Morgan fingerprint density at radius 1 is 0.967 bits per heavy atom. The number of fused-ring (bicyclic) bond motifs is 1. The number of carbonyl (C=O) groups excluding carboxylic acids is 2. The number of anilines is 1. The largest absolute Gasteiger partial charge is 0.327 e. The number of hydrogen-bond acceptors (Lipinski definition) is 8. The standard InChI is InChI=1S/C17H14ClN3O6S3/c1-29(24,25)9-3-5-11(12(18)7-9)15(22)20-16(23)21-17-19-13-6-4-10(30(2,26)27)8-14(13)28-17/h3-8H,1-2H3,(H2,19,20,21,22,23). The Kier molecular flexibility index (Phi) is 5.87. The zero-order chi connectivity index (χ0) is 22.3. The third-order valence-corrected chi connectivity index (χ3v) is 7.32. The van der Waals surface area contributed by atoms with Crippen LogP contribution >= 0.6 is 22.9 Å². The summed E-state index contributed by atoms with van der Waals surface area (Å²) in [5.41, 5.74) is 0.398. The Morgan fingerprint density at radius 2 is 1.57 bits per heavy atom. The molecule has 0 fully saturated rings. The van der Waals surface area contributed by atoms with E-state index in [4.69, 9.17) is 11.6 Å². The minimum absolute atomic E-state index is 0.0589. The van der Waals surface area contributed by atoms with E-state index in [0.717, 1.165) is 29.9 Å². The molecule has 0 bridgehead atoms. The van der Waals surface area contributed by atoms with Crippen molar-refractivity contribution in [2.24, 2.45) is 0 Å². The van der Waals surface area contributed by atoms with Crippen molar-refractivity contribution >= 4 is 69.9 Å². The Bertz CT molecular complexity index is 1400. The molecule has 3 rings (SSSR count). The lowest BCUT2D eigenvalue weighted by Gasteiger charge is -2.07. The molecule has 0 atom stereocenters.